The van der Waals surface area contributed by atoms with Crippen LogP contribution < -0.4 is 20.1 Å². The van der Waals surface area contributed by atoms with Crippen molar-refractivity contribution in [2.75, 3.05) is 27.3 Å². The number of rotatable bonds is 12. The number of benzene rings is 3. The molecule has 4 N–H and O–H groups in total. The maximum atomic E-state index is 16.9. The maximum absolute atomic E-state index is 16.9. The number of halogens is 6. The predicted molar refractivity (Wildman–Crippen MR) is 251 cm³/mol. The number of hydrogen-bond donors (Lipinski definition) is 4. The van der Waals surface area contributed by atoms with Gasteiger partial charge in [-0.05, 0) is 54.3 Å². The lowest BCUT2D eigenvalue weighted by atomic mass is 10.0. The monoisotopic (exact) mass is 1020 g/mol. The van der Waals surface area contributed by atoms with E-state index in [1.54, 1.807) is 62.6 Å². The first-order valence-corrected chi connectivity index (χ1v) is 23.4. The third-order valence-electron chi connectivity index (χ3n) is 13.3. The lowest BCUT2D eigenvalue weighted by Gasteiger charge is -2.31. The highest BCUT2D eigenvalue weighted by molar-refractivity contribution is 5.93. The van der Waals surface area contributed by atoms with Crippen LogP contribution in [0.3, 0.4) is 0 Å². The highest BCUT2D eigenvalue weighted by Crippen LogP contribution is 2.48. The predicted octanol–water partition coefficient (Wildman–Crippen LogP) is 9.05. The Morgan fingerprint density at radius 1 is 0.753 bits per heavy atom. The molecule has 386 valence electrons. The molecular formula is C50H51F6N9O8. The van der Waals surface area contributed by atoms with Crippen LogP contribution in [-0.4, -0.2) is 116 Å². The summed E-state index contributed by atoms with van der Waals surface area (Å²) in [7, 11) is 2.34. The number of alkyl halides is 5. The average Bonchev–Trinajstić information content (AvgIpc) is 4.21. The fraction of sp³-hybridized carbons (Fsp3) is 0.400. The lowest BCUT2D eigenvalue weighted by molar-refractivity contribution is -0.274. The minimum atomic E-state index is -5.00. The summed E-state index contributed by atoms with van der Waals surface area (Å²) < 4.78 is 109. The van der Waals surface area contributed by atoms with E-state index in [-0.39, 0.29) is 71.7 Å². The van der Waals surface area contributed by atoms with Crippen molar-refractivity contribution in [2.24, 2.45) is 11.8 Å². The summed E-state index contributed by atoms with van der Waals surface area (Å²) in [6.45, 7) is 6.45. The normalized spacial score (nSPS) is 20.4. The molecule has 0 spiro atoms. The molecule has 73 heavy (non-hydrogen) atoms. The first-order valence-electron chi connectivity index (χ1n) is 23.4. The van der Waals surface area contributed by atoms with Crippen LogP contribution in [0.1, 0.15) is 76.1 Å². The SMILES string of the molecule is COC(=O)N[C@H](C(=O)N1C[C@H](F)C[C@H]1c1ncc(-c2cc(F)c3c(c2)OC(c2cccc(OC(F)(F)F)c2)n2c-3cc3cc(-c4cnc([C@@H]5C[C@@H](F)CN5C(=O)[C@@H](NC(=O)OC)C(C)C)[nH]4)ccc32)[nH]1)C(C)C. The molecule has 3 aromatic heterocycles. The van der Waals surface area contributed by atoms with Crippen molar-refractivity contribution in [3.05, 3.63) is 96.1 Å². The topological polar surface area (TPSA) is 198 Å². The third kappa shape index (κ3) is 9.95. The first kappa shape index (κ1) is 50.2. The number of aromatic amines is 2. The van der Waals surface area contributed by atoms with E-state index in [4.69, 9.17) is 14.2 Å². The highest BCUT2D eigenvalue weighted by Gasteiger charge is 2.44. The molecule has 0 aliphatic carbocycles. The van der Waals surface area contributed by atoms with Gasteiger partial charge in [-0.3, -0.25) is 9.59 Å². The second-order valence-electron chi connectivity index (χ2n) is 18.9. The number of aromatic nitrogens is 5. The first-order chi connectivity index (χ1) is 34.7. The summed E-state index contributed by atoms with van der Waals surface area (Å²) in [4.78, 5) is 69.7. The molecule has 3 aliphatic rings. The van der Waals surface area contributed by atoms with E-state index in [1.165, 1.54) is 53.6 Å². The van der Waals surface area contributed by atoms with E-state index in [0.717, 1.165) is 13.2 Å². The number of carbonyl (C=O) groups is 4. The number of carbonyl (C=O) groups excluding carboxylic acids is 4. The quantitative estimate of drug-likeness (QED) is 0.0859. The number of amides is 4. The van der Waals surface area contributed by atoms with Crippen LogP contribution in [0.2, 0.25) is 0 Å². The third-order valence-corrected chi connectivity index (χ3v) is 13.3. The van der Waals surface area contributed by atoms with Crippen molar-refractivity contribution < 1.29 is 64.5 Å². The summed E-state index contributed by atoms with van der Waals surface area (Å²) >= 11 is 0. The molecule has 0 bridgehead atoms. The largest absolute Gasteiger partial charge is 0.573 e. The number of ether oxygens (including phenoxy) is 4. The molecule has 4 amide bonds. The molecule has 6 heterocycles. The second-order valence-corrected chi connectivity index (χ2v) is 18.9. The minimum Gasteiger partial charge on any atom is -0.465 e. The summed E-state index contributed by atoms with van der Waals surface area (Å²) in [5.41, 5.74) is 2.68. The van der Waals surface area contributed by atoms with E-state index >= 15 is 13.2 Å². The Kier molecular flexibility index (Phi) is 13.6. The van der Waals surface area contributed by atoms with Crippen LogP contribution in [0.5, 0.6) is 11.5 Å². The summed E-state index contributed by atoms with van der Waals surface area (Å²) in [5.74, 6) is -2.50. The summed E-state index contributed by atoms with van der Waals surface area (Å²) in [6.07, 6.45) is -7.81. The van der Waals surface area contributed by atoms with Gasteiger partial charge in [0, 0.05) is 34.9 Å². The molecule has 23 heteroatoms. The Hall–Kier alpha value is -7.72. The Bertz CT molecular complexity index is 3080. The Balaban J connectivity index is 1.07. The molecule has 2 fully saturated rings. The Labute approximate surface area is 413 Å². The fourth-order valence-corrected chi connectivity index (χ4v) is 9.82. The Morgan fingerprint density at radius 3 is 1.85 bits per heavy atom. The zero-order chi connectivity index (χ0) is 52.2. The molecular weight excluding hydrogens is 969 g/mol. The molecule has 7 atom stereocenters. The molecule has 2 saturated heterocycles. The van der Waals surface area contributed by atoms with Gasteiger partial charge in [0.1, 0.15) is 53.4 Å². The van der Waals surface area contributed by atoms with Gasteiger partial charge in [0.25, 0.3) is 0 Å². The number of nitrogens with zero attached hydrogens (tertiary/aromatic N) is 5. The number of nitrogens with one attached hydrogen (secondary N) is 4. The molecule has 3 aliphatic heterocycles. The van der Waals surface area contributed by atoms with Crippen molar-refractivity contribution in [3.8, 4) is 45.3 Å². The minimum absolute atomic E-state index is 0.0190. The Morgan fingerprint density at radius 2 is 1.32 bits per heavy atom. The number of likely N-dealkylation sites (tertiary alicyclic amines) is 2. The highest BCUT2D eigenvalue weighted by atomic mass is 19.4. The molecule has 17 nitrogen and oxygen atoms in total. The van der Waals surface area contributed by atoms with E-state index in [9.17, 15) is 32.3 Å². The number of alkyl carbamates (subject to hydrolysis) is 2. The van der Waals surface area contributed by atoms with Crippen molar-refractivity contribution in [1.29, 1.82) is 0 Å². The van der Waals surface area contributed by atoms with Gasteiger partial charge in [0.05, 0.1) is 79.9 Å². The van der Waals surface area contributed by atoms with Crippen LogP contribution in [0.4, 0.5) is 35.9 Å². The second kappa shape index (κ2) is 19.7. The van der Waals surface area contributed by atoms with E-state index < -0.39 is 84.7 Å². The molecule has 0 saturated carbocycles. The van der Waals surface area contributed by atoms with Gasteiger partial charge in [-0.1, -0.05) is 45.9 Å². The van der Waals surface area contributed by atoms with Crippen LogP contribution in [0.25, 0.3) is 44.7 Å². The van der Waals surface area contributed by atoms with Crippen LogP contribution in [-0.2, 0) is 19.1 Å². The van der Waals surface area contributed by atoms with Gasteiger partial charge in [-0.25, -0.2) is 32.7 Å². The maximum Gasteiger partial charge on any atom is 0.573 e. The van der Waals surface area contributed by atoms with Crippen LogP contribution in [0, 0.1) is 17.7 Å². The van der Waals surface area contributed by atoms with Gasteiger partial charge in [-0.2, -0.15) is 0 Å². The van der Waals surface area contributed by atoms with E-state index in [1.807, 2.05) is 0 Å². The average molecular weight is 1020 g/mol. The molecule has 3 aromatic carbocycles. The van der Waals surface area contributed by atoms with Crippen LogP contribution in [0.15, 0.2) is 73.1 Å². The fourth-order valence-electron chi connectivity index (χ4n) is 9.82. The van der Waals surface area contributed by atoms with Crippen molar-refractivity contribution in [3.63, 3.8) is 0 Å². The van der Waals surface area contributed by atoms with Crippen molar-refractivity contribution in [2.45, 2.75) is 89.6 Å². The molecule has 6 aromatic rings. The van der Waals surface area contributed by atoms with E-state index in [0.29, 0.717) is 33.7 Å². The lowest BCUT2D eigenvalue weighted by Crippen LogP contribution is -2.51. The number of fused-ring (bicyclic) bond motifs is 5. The summed E-state index contributed by atoms with van der Waals surface area (Å²) in [5, 5.41) is 5.62. The molecule has 9 rings (SSSR count). The summed E-state index contributed by atoms with van der Waals surface area (Å²) in [6, 6.07) is 11.3. The van der Waals surface area contributed by atoms with E-state index in [2.05, 4.69) is 35.3 Å². The zero-order valence-corrected chi connectivity index (χ0v) is 40.2. The molecule has 0 radical (unpaired) electrons. The number of H-pyrrole nitrogens is 2. The number of hydrogen-bond acceptors (Lipinski definition) is 10. The number of methoxy groups -OCH3 is 2. The molecule has 1 unspecified atom stereocenters. The van der Waals surface area contributed by atoms with Crippen molar-refractivity contribution in [1.82, 2.24) is 44.9 Å². The van der Waals surface area contributed by atoms with Crippen molar-refractivity contribution >= 4 is 34.9 Å². The van der Waals surface area contributed by atoms with Gasteiger partial charge >= 0.3 is 18.5 Å². The zero-order valence-electron chi connectivity index (χ0n) is 40.2. The van der Waals surface area contributed by atoms with Gasteiger partial charge in [-0.15, -0.1) is 13.2 Å². The van der Waals surface area contributed by atoms with Gasteiger partial charge in [0.2, 0.25) is 18.0 Å². The number of imidazole rings is 2. The van der Waals surface area contributed by atoms with Crippen LogP contribution >= 0.6 is 0 Å². The standard InChI is InChI=1S/C50H51F6N9O8/c1-23(2)41(61-48(68)70-5)45(66)63-21-29(51)17-37(63)43-57-19-33(59-43)25-10-11-35-28(12-25)15-36-40-32(53)14-27(16-39(40)72-47(65(35)36)26-8-7-9-31(13-26)73-50(54,55)56)34-20-58-44(60-34)38-18-30(52)22-64(38)46(67)42(24(3)4)62-49(69)71-6/h7-16,19-20,23-24,29-30,37-38,41-42,47H,17-18,21-22H2,1-6H3,(H,57,59)(H,58,60)(H,61,68)(H,62,69)/t29-,30-,37+,38+,41+,42+,47?/m1/s1. The van der Waals surface area contributed by atoms with Gasteiger partial charge in [0.15, 0.2) is 0 Å². The smallest absolute Gasteiger partial charge is 0.465 e. The van der Waals surface area contributed by atoms with Gasteiger partial charge < -0.3 is 53.9 Å².